The average molecular weight is 350 g/mol. The Morgan fingerprint density at radius 2 is 1.92 bits per heavy atom. The largest absolute Gasteiger partial charge is 0.477 e. The SMILES string of the molecule is CC(=O)SCCC(O)C(O)c1ccc(-c2cc(C(=O)O)[nH]n2)cc1. The maximum absolute atomic E-state index is 10.9. The maximum atomic E-state index is 10.9. The average Bonchev–Trinajstić information content (AvgIpc) is 3.04. The molecule has 0 fully saturated rings. The number of aromatic carboxylic acids is 1. The molecule has 2 atom stereocenters. The Bertz CT molecular complexity index is 714. The Hall–Kier alpha value is -2.16. The number of thioether (sulfide) groups is 1. The van der Waals surface area contributed by atoms with E-state index in [1.807, 2.05) is 0 Å². The third kappa shape index (κ3) is 4.67. The summed E-state index contributed by atoms with van der Waals surface area (Å²) in [5, 5.41) is 35.3. The third-order valence-electron chi connectivity index (χ3n) is 3.44. The van der Waals surface area contributed by atoms with Gasteiger partial charge in [-0.1, -0.05) is 36.0 Å². The van der Waals surface area contributed by atoms with Crippen molar-refractivity contribution in [3.05, 3.63) is 41.6 Å². The number of carbonyl (C=O) groups is 2. The molecule has 128 valence electrons. The zero-order chi connectivity index (χ0) is 17.7. The number of aliphatic hydroxyl groups is 2. The molecule has 1 aromatic carbocycles. The fraction of sp³-hybridized carbons (Fsp3) is 0.312. The first-order chi connectivity index (χ1) is 11.4. The van der Waals surface area contributed by atoms with Crippen LogP contribution < -0.4 is 0 Å². The number of aliphatic hydroxyl groups excluding tert-OH is 2. The van der Waals surface area contributed by atoms with Crippen molar-refractivity contribution < 1.29 is 24.9 Å². The topological polar surface area (TPSA) is 124 Å². The van der Waals surface area contributed by atoms with E-state index in [1.54, 1.807) is 24.3 Å². The maximum Gasteiger partial charge on any atom is 0.353 e. The fourth-order valence-corrected chi connectivity index (χ4v) is 2.78. The Balaban J connectivity index is 2.02. The number of hydrogen-bond donors (Lipinski definition) is 4. The Labute approximate surface area is 142 Å². The molecule has 0 saturated heterocycles. The molecule has 0 aliphatic rings. The van der Waals surface area contributed by atoms with Gasteiger partial charge in [-0.15, -0.1) is 0 Å². The molecule has 4 N–H and O–H groups in total. The number of rotatable bonds is 7. The summed E-state index contributed by atoms with van der Waals surface area (Å²) in [6.45, 7) is 1.46. The van der Waals surface area contributed by atoms with E-state index in [2.05, 4.69) is 10.2 Å². The molecule has 7 nitrogen and oxygen atoms in total. The number of hydrogen-bond acceptors (Lipinski definition) is 6. The van der Waals surface area contributed by atoms with Gasteiger partial charge in [-0.3, -0.25) is 9.89 Å². The third-order valence-corrected chi connectivity index (χ3v) is 4.29. The standard InChI is InChI=1S/C16H18N2O5S/c1-9(19)24-7-6-14(20)15(21)11-4-2-10(3-5-11)12-8-13(16(22)23)18-17-12/h2-5,8,14-15,20-21H,6-7H2,1H3,(H,17,18)(H,22,23). The molecular formula is C16H18N2O5S. The van der Waals surface area contributed by atoms with E-state index in [0.29, 0.717) is 29.0 Å². The van der Waals surface area contributed by atoms with Crippen LogP contribution in [0.4, 0.5) is 0 Å². The van der Waals surface area contributed by atoms with Crippen LogP contribution in [0.1, 0.15) is 35.5 Å². The summed E-state index contributed by atoms with van der Waals surface area (Å²) in [6.07, 6.45) is -1.72. The molecule has 0 spiro atoms. The summed E-state index contributed by atoms with van der Waals surface area (Å²) in [7, 11) is 0. The molecule has 1 aromatic heterocycles. The lowest BCUT2D eigenvalue weighted by atomic mass is 10.0. The minimum atomic E-state index is -1.09. The minimum Gasteiger partial charge on any atom is -0.477 e. The smallest absolute Gasteiger partial charge is 0.353 e. The predicted octanol–water partition coefficient (Wildman–Crippen LogP) is 1.84. The van der Waals surface area contributed by atoms with Gasteiger partial charge < -0.3 is 15.3 Å². The number of aromatic nitrogens is 2. The van der Waals surface area contributed by atoms with E-state index in [9.17, 15) is 19.8 Å². The second kappa shape index (κ2) is 8.09. The van der Waals surface area contributed by atoms with Crippen molar-refractivity contribution >= 4 is 22.8 Å². The van der Waals surface area contributed by atoms with E-state index in [1.165, 1.54) is 13.0 Å². The van der Waals surface area contributed by atoms with Crippen LogP contribution in [0.25, 0.3) is 11.3 Å². The number of nitrogens with zero attached hydrogens (tertiary/aromatic N) is 1. The van der Waals surface area contributed by atoms with Crippen LogP contribution in [0.5, 0.6) is 0 Å². The van der Waals surface area contributed by atoms with E-state index >= 15 is 0 Å². The minimum absolute atomic E-state index is 0.00694. The first-order valence-corrected chi connectivity index (χ1v) is 8.25. The number of carboxylic acids is 1. The quantitative estimate of drug-likeness (QED) is 0.600. The molecule has 1 heterocycles. The van der Waals surface area contributed by atoms with Crippen molar-refractivity contribution in [3.8, 4) is 11.3 Å². The van der Waals surface area contributed by atoms with Crippen molar-refractivity contribution in [3.63, 3.8) is 0 Å². The predicted molar refractivity (Wildman–Crippen MR) is 89.7 cm³/mol. The molecule has 0 saturated carbocycles. The van der Waals surface area contributed by atoms with Gasteiger partial charge in [0.1, 0.15) is 11.8 Å². The van der Waals surface area contributed by atoms with Gasteiger partial charge in [-0.25, -0.2) is 4.79 Å². The second-order valence-corrected chi connectivity index (χ2v) is 6.51. The monoisotopic (exact) mass is 350 g/mol. The summed E-state index contributed by atoms with van der Waals surface area (Å²) in [5.74, 6) is -0.649. The lowest BCUT2D eigenvalue weighted by molar-refractivity contribution is -0.109. The summed E-state index contributed by atoms with van der Waals surface area (Å²) < 4.78 is 0. The Morgan fingerprint density at radius 3 is 2.46 bits per heavy atom. The highest BCUT2D eigenvalue weighted by Gasteiger charge is 2.18. The first kappa shape index (κ1) is 18.2. The van der Waals surface area contributed by atoms with Gasteiger partial charge in [0.25, 0.3) is 0 Å². The first-order valence-electron chi connectivity index (χ1n) is 7.27. The molecule has 2 aromatic rings. The van der Waals surface area contributed by atoms with Crippen molar-refractivity contribution in [1.82, 2.24) is 10.2 Å². The van der Waals surface area contributed by atoms with Crippen molar-refractivity contribution in [1.29, 1.82) is 0 Å². The van der Waals surface area contributed by atoms with Gasteiger partial charge in [-0.05, 0) is 18.1 Å². The van der Waals surface area contributed by atoms with E-state index < -0.39 is 18.2 Å². The molecule has 24 heavy (non-hydrogen) atoms. The highest BCUT2D eigenvalue weighted by atomic mass is 32.2. The Kier molecular flexibility index (Phi) is 6.13. The zero-order valence-electron chi connectivity index (χ0n) is 13.0. The fourth-order valence-electron chi connectivity index (χ4n) is 2.13. The van der Waals surface area contributed by atoms with Crippen LogP contribution in [-0.4, -0.2) is 48.5 Å². The van der Waals surface area contributed by atoms with E-state index in [-0.39, 0.29) is 10.8 Å². The molecule has 0 aliphatic heterocycles. The van der Waals surface area contributed by atoms with Gasteiger partial charge >= 0.3 is 5.97 Å². The van der Waals surface area contributed by atoms with Gasteiger partial charge in [0, 0.05) is 18.2 Å². The van der Waals surface area contributed by atoms with E-state index in [0.717, 1.165) is 11.8 Å². The molecule has 8 heteroatoms. The molecule has 0 amide bonds. The van der Waals surface area contributed by atoms with E-state index in [4.69, 9.17) is 5.11 Å². The van der Waals surface area contributed by atoms with Gasteiger partial charge in [-0.2, -0.15) is 5.10 Å². The number of aromatic amines is 1. The van der Waals surface area contributed by atoms with Gasteiger partial charge in [0.05, 0.1) is 11.8 Å². The lowest BCUT2D eigenvalue weighted by Crippen LogP contribution is -2.19. The number of carbonyl (C=O) groups excluding carboxylic acids is 1. The lowest BCUT2D eigenvalue weighted by Gasteiger charge is -2.18. The van der Waals surface area contributed by atoms with Crippen LogP contribution in [0.2, 0.25) is 0 Å². The molecular weight excluding hydrogens is 332 g/mol. The normalized spacial score (nSPS) is 13.5. The number of H-pyrrole nitrogens is 1. The van der Waals surface area contributed by atoms with Crippen molar-refractivity contribution in [2.24, 2.45) is 0 Å². The van der Waals surface area contributed by atoms with Gasteiger partial charge in [0.2, 0.25) is 0 Å². The van der Waals surface area contributed by atoms with Crippen LogP contribution in [0.15, 0.2) is 30.3 Å². The van der Waals surface area contributed by atoms with Crippen LogP contribution in [0, 0.1) is 0 Å². The molecule has 0 aliphatic carbocycles. The number of benzene rings is 1. The van der Waals surface area contributed by atoms with Crippen LogP contribution >= 0.6 is 11.8 Å². The van der Waals surface area contributed by atoms with Gasteiger partial charge in [0.15, 0.2) is 5.12 Å². The van der Waals surface area contributed by atoms with Crippen LogP contribution in [0.3, 0.4) is 0 Å². The summed E-state index contributed by atoms with van der Waals surface area (Å²) in [5.41, 5.74) is 1.70. The molecule has 2 rings (SSSR count). The zero-order valence-corrected chi connectivity index (χ0v) is 13.8. The Morgan fingerprint density at radius 1 is 1.25 bits per heavy atom. The second-order valence-electron chi connectivity index (χ2n) is 5.23. The highest BCUT2D eigenvalue weighted by Crippen LogP contribution is 2.24. The number of nitrogens with one attached hydrogen (secondary N) is 1. The van der Waals surface area contributed by atoms with Crippen molar-refractivity contribution in [2.75, 3.05) is 5.75 Å². The van der Waals surface area contributed by atoms with Crippen LogP contribution in [-0.2, 0) is 4.79 Å². The molecule has 2 unspecified atom stereocenters. The summed E-state index contributed by atoms with van der Waals surface area (Å²) >= 11 is 1.11. The molecule has 0 bridgehead atoms. The summed E-state index contributed by atoms with van der Waals surface area (Å²) in [6, 6.07) is 8.10. The highest BCUT2D eigenvalue weighted by molar-refractivity contribution is 8.13. The molecule has 0 radical (unpaired) electrons. The summed E-state index contributed by atoms with van der Waals surface area (Å²) in [4.78, 5) is 21.7. The van der Waals surface area contributed by atoms with Crippen molar-refractivity contribution in [2.45, 2.75) is 25.6 Å². The number of carboxylic acid groups (broad SMARTS) is 1.